The van der Waals surface area contributed by atoms with Gasteiger partial charge in [0.2, 0.25) is 0 Å². The zero-order chi connectivity index (χ0) is 12.3. The van der Waals surface area contributed by atoms with Crippen LogP contribution in [0.5, 0.6) is 0 Å². The van der Waals surface area contributed by atoms with E-state index in [0.717, 1.165) is 12.8 Å². The molecule has 17 heavy (non-hydrogen) atoms. The molecule has 0 bridgehead atoms. The van der Waals surface area contributed by atoms with Crippen molar-refractivity contribution in [3.8, 4) is 6.07 Å². The highest BCUT2D eigenvalue weighted by Gasteiger charge is 2.26. The van der Waals surface area contributed by atoms with Crippen molar-refractivity contribution >= 4 is 11.8 Å². The number of carboxylic acids is 1. The van der Waals surface area contributed by atoms with E-state index < -0.39 is 5.97 Å². The number of rotatable bonds is 5. The lowest BCUT2D eigenvalue weighted by Crippen LogP contribution is -2.32. The SMILES string of the molecule is N#Cc1cnc(N(CC(=O)O)CC2CC2)cn1. The van der Waals surface area contributed by atoms with Crippen LogP contribution in [0.15, 0.2) is 12.4 Å². The summed E-state index contributed by atoms with van der Waals surface area (Å²) in [6.07, 6.45) is 5.08. The molecule has 0 saturated heterocycles. The van der Waals surface area contributed by atoms with Crippen molar-refractivity contribution in [1.29, 1.82) is 5.26 Å². The molecule has 1 fully saturated rings. The third kappa shape index (κ3) is 3.14. The van der Waals surface area contributed by atoms with Gasteiger partial charge in [-0.3, -0.25) is 4.79 Å². The normalized spacial score (nSPS) is 14.1. The van der Waals surface area contributed by atoms with Crippen LogP contribution in [0.3, 0.4) is 0 Å². The van der Waals surface area contributed by atoms with Crippen LogP contribution in [0.1, 0.15) is 18.5 Å². The maximum absolute atomic E-state index is 10.8. The number of nitrogens with zero attached hydrogens (tertiary/aromatic N) is 4. The molecule has 0 unspecified atom stereocenters. The summed E-state index contributed by atoms with van der Waals surface area (Å²) >= 11 is 0. The van der Waals surface area contributed by atoms with Crippen molar-refractivity contribution in [1.82, 2.24) is 9.97 Å². The van der Waals surface area contributed by atoms with E-state index in [1.54, 1.807) is 4.90 Å². The predicted octanol–water partition coefficient (Wildman–Crippen LogP) is 0.649. The van der Waals surface area contributed by atoms with E-state index in [1.807, 2.05) is 6.07 Å². The third-order valence-electron chi connectivity index (χ3n) is 2.58. The van der Waals surface area contributed by atoms with E-state index in [-0.39, 0.29) is 12.2 Å². The number of carboxylic acid groups (broad SMARTS) is 1. The lowest BCUT2D eigenvalue weighted by molar-refractivity contribution is -0.135. The van der Waals surface area contributed by atoms with Gasteiger partial charge >= 0.3 is 5.97 Å². The minimum atomic E-state index is -0.892. The molecule has 1 aliphatic rings. The summed E-state index contributed by atoms with van der Waals surface area (Å²) in [6.45, 7) is 0.601. The smallest absolute Gasteiger partial charge is 0.323 e. The number of carbonyl (C=O) groups is 1. The highest BCUT2D eigenvalue weighted by Crippen LogP contribution is 2.30. The van der Waals surface area contributed by atoms with Gasteiger partial charge in [-0.05, 0) is 18.8 Å². The van der Waals surface area contributed by atoms with Crippen LogP contribution in [0.25, 0.3) is 0 Å². The molecule has 6 nitrogen and oxygen atoms in total. The Balaban J connectivity index is 2.11. The summed E-state index contributed by atoms with van der Waals surface area (Å²) < 4.78 is 0. The number of hydrogen-bond acceptors (Lipinski definition) is 5. The first-order valence-corrected chi connectivity index (χ1v) is 5.38. The molecular formula is C11H12N4O2. The van der Waals surface area contributed by atoms with Crippen molar-refractivity contribution in [2.45, 2.75) is 12.8 Å². The Morgan fingerprint density at radius 2 is 2.29 bits per heavy atom. The molecule has 0 amide bonds. The molecule has 0 radical (unpaired) electrons. The summed E-state index contributed by atoms with van der Waals surface area (Å²) in [5, 5.41) is 17.4. The van der Waals surface area contributed by atoms with E-state index in [1.165, 1.54) is 12.4 Å². The molecule has 0 spiro atoms. The Labute approximate surface area is 98.5 Å². The van der Waals surface area contributed by atoms with Gasteiger partial charge < -0.3 is 10.0 Å². The zero-order valence-corrected chi connectivity index (χ0v) is 9.20. The topological polar surface area (TPSA) is 90.1 Å². The fraction of sp³-hybridized carbons (Fsp3) is 0.455. The van der Waals surface area contributed by atoms with Crippen LogP contribution in [0, 0.1) is 17.2 Å². The second-order valence-corrected chi connectivity index (χ2v) is 4.09. The molecule has 1 N–H and O–H groups in total. The van der Waals surface area contributed by atoms with Gasteiger partial charge in [0.15, 0.2) is 5.69 Å². The lowest BCUT2D eigenvalue weighted by Gasteiger charge is -2.20. The molecule has 1 aromatic rings. The minimum Gasteiger partial charge on any atom is -0.480 e. The van der Waals surface area contributed by atoms with E-state index in [0.29, 0.717) is 18.3 Å². The predicted molar refractivity (Wildman–Crippen MR) is 59.3 cm³/mol. The van der Waals surface area contributed by atoms with Crippen molar-refractivity contribution in [3.05, 3.63) is 18.1 Å². The lowest BCUT2D eigenvalue weighted by atomic mass is 10.3. The Hall–Kier alpha value is -2.16. The van der Waals surface area contributed by atoms with E-state index in [9.17, 15) is 4.79 Å². The van der Waals surface area contributed by atoms with Gasteiger partial charge in [0, 0.05) is 6.54 Å². The highest BCUT2D eigenvalue weighted by molar-refractivity contribution is 5.73. The number of aliphatic carboxylic acids is 1. The zero-order valence-electron chi connectivity index (χ0n) is 9.20. The fourth-order valence-corrected chi connectivity index (χ4v) is 1.56. The van der Waals surface area contributed by atoms with Gasteiger partial charge in [0.25, 0.3) is 0 Å². The second kappa shape index (κ2) is 4.78. The maximum atomic E-state index is 10.8. The summed E-state index contributed by atoms with van der Waals surface area (Å²) in [5.41, 5.74) is 0.232. The van der Waals surface area contributed by atoms with Crippen molar-refractivity contribution in [2.24, 2.45) is 5.92 Å². The van der Waals surface area contributed by atoms with Gasteiger partial charge in [0.1, 0.15) is 18.4 Å². The molecule has 1 aromatic heterocycles. The molecule has 1 heterocycles. The summed E-state index contributed by atoms with van der Waals surface area (Å²) in [7, 11) is 0. The van der Waals surface area contributed by atoms with Gasteiger partial charge in [0.05, 0.1) is 12.4 Å². The number of anilines is 1. The summed E-state index contributed by atoms with van der Waals surface area (Å²) in [6, 6.07) is 1.88. The first-order chi connectivity index (χ1) is 8.19. The van der Waals surface area contributed by atoms with Crippen LogP contribution >= 0.6 is 0 Å². The summed E-state index contributed by atoms with van der Waals surface area (Å²) in [5.74, 6) is 0.182. The first-order valence-electron chi connectivity index (χ1n) is 5.38. The number of aromatic nitrogens is 2. The van der Waals surface area contributed by atoms with E-state index in [2.05, 4.69) is 9.97 Å². The van der Waals surface area contributed by atoms with Gasteiger partial charge in [-0.15, -0.1) is 0 Å². The van der Waals surface area contributed by atoms with Crippen LogP contribution in [-0.4, -0.2) is 34.1 Å². The van der Waals surface area contributed by atoms with Crippen LogP contribution < -0.4 is 4.90 Å². The largest absolute Gasteiger partial charge is 0.480 e. The molecular weight excluding hydrogens is 220 g/mol. The van der Waals surface area contributed by atoms with Gasteiger partial charge in [-0.1, -0.05) is 0 Å². The Morgan fingerprint density at radius 1 is 1.53 bits per heavy atom. The Bertz CT molecular complexity index is 448. The monoisotopic (exact) mass is 232 g/mol. The molecule has 0 atom stereocenters. The standard InChI is InChI=1S/C11H12N4O2/c12-3-9-4-14-10(5-13-9)15(7-11(16)17)6-8-1-2-8/h4-5,8H,1-2,6-7H2,(H,16,17). The van der Waals surface area contributed by atoms with Crippen molar-refractivity contribution < 1.29 is 9.90 Å². The molecule has 2 rings (SSSR count). The molecule has 88 valence electrons. The van der Waals surface area contributed by atoms with Crippen molar-refractivity contribution in [2.75, 3.05) is 18.0 Å². The van der Waals surface area contributed by atoms with Gasteiger partial charge in [-0.2, -0.15) is 5.26 Å². The average molecular weight is 232 g/mol. The molecule has 0 aromatic carbocycles. The molecule has 1 aliphatic carbocycles. The van der Waals surface area contributed by atoms with E-state index in [4.69, 9.17) is 10.4 Å². The Morgan fingerprint density at radius 3 is 2.76 bits per heavy atom. The second-order valence-electron chi connectivity index (χ2n) is 4.09. The summed E-state index contributed by atoms with van der Waals surface area (Å²) in [4.78, 5) is 20.4. The maximum Gasteiger partial charge on any atom is 0.323 e. The highest BCUT2D eigenvalue weighted by atomic mass is 16.4. The molecule has 0 aliphatic heterocycles. The fourth-order valence-electron chi connectivity index (χ4n) is 1.56. The number of nitriles is 1. The first kappa shape index (κ1) is 11.3. The minimum absolute atomic E-state index is 0.0862. The quantitative estimate of drug-likeness (QED) is 0.801. The van der Waals surface area contributed by atoms with E-state index >= 15 is 0 Å². The Kier molecular flexibility index (Phi) is 3.19. The van der Waals surface area contributed by atoms with Crippen molar-refractivity contribution in [3.63, 3.8) is 0 Å². The van der Waals surface area contributed by atoms with Gasteiger partial charge in [-0.25, -0.2) is 9.97 Å². The molecule has 1 saturated carbocycles. The number of hydrogen-bond donors (Lipinski definition) is 1. The third-order valence-corrected chi connectivity index (χ3v) is 2.58. The van der Waals surface area contributed by atoms with Crippen LogP contribution in [-0.2, 0) is 4.79 Å². The average Bonchev–Trinajstić information content (AvgIpc) is 3.12. The van der Waals surface area contributed by atoms with Crippen LogP contribution in [0.4, 0.5) is 5.82 Å². The molecule has 6 heteroatoms. The van der Waals surface area contributed by atoms with Crippen LogP contribution in [0.2, 0.25) is 0 Å².